The molecule has 2 nitrogen and oxygen atoms in total. The number of fused-ring (bicyclic) bond motifs is 1. The SMILES string of the molecule is CCCC1C2c3ccccc3C(c3ccccc32)C1C(=O)Nc1ccccc1Cl. The topological polar surface area (TPSA) is 29.1 Å². The van der Waals surface area contributed by atoms with Crippen molar-refractivity contribution in [3.8, 4) is 0 Å². The molecule has 146 valence electrons. The summed E-state index contributed by atoms with van der Waals surface area (Å²) in [5, 5.41) is 3.72. The molecule has 3 aliphatic rings. The molecule has 3 aromatic rings. The second-order valence-electron chi connectivity index (χ2n) is 8.16. The lowest BCUT2D eigenvalue weighted by Crippen LogP contribution is -2.45. The number of anilines is 1. The van der Waals surface area contributed by atoms with Crippen molar-refractivity contribution >= 4 is 23.2 Å². The highest BCUT2D eigenvalue weighted by Gasteiger charge is 2.51. The Kier molecular flexibility index (Phi) is 4.67. The molecule has 0 saturated carbocycles. The van der Waals surface area contributed by atoms with Gasteiger partial charge in [0.15, 0.2) is 0 Å². The summed E-state index contributed by atoms with van der Waals surface area (Å²) in [6, 6.07) is 24.9. The zero-order valence-corrected chi connectivity index (χ0v) is 17.2. The summed E-state index contributed by atoms with van der Waals surface area (Å²) in [6.07, 6.45) is 2.10. The van der Waals surface area contributed by atoms with Gasteiger partial charge in [0.25, 0.3) is 0 Å². The first-order valence-electron chi connectivity index (χ1n) is 10.4. The molecule has 6 rings (SSSR count). The third-order valence-corrected chi connectivity index (χ3v) is 6.97. The third kappa shape index (κ3) is 2.89. The smallest absolute Gasteiger partial charge is 0.228 e. The average Bonchev–Trinajstić information content (AvgIpc) is 2.75. The van der Waals surface area contributed by atoms with E-state index in [0.29, 0.717) is 10.7 Å². The van der Waals surface area contributed by atoms with Gasteiger partial charge < -0.3 is 5.32 Å². The number of benzene rings is 3. The van der Waals surface area contributed by atoms with Gasteiger partial charge in [0.1, 0.15) is 0 Å². The van der Waals surface area contributed by atoms with E-state index in [1.165, 1.54) is 22.3 Å². The molecule has 3 heteroatoms. The van der Waals surface area contributed by atoms with Crippen LogP contribution in [0.5, 0.6) is 0 Å². The first-order valence-corrected chi connectivity index (χ1v) is 10.8. The summed E-state index contributed by atoms with van der Waals surface area (Å²) >= 11 is 6.33. The minimum atomic E-state index is -0.0963. The molecule has 29 heavy (non-hydrogen) atoms. The fraction of sp³-hybridized carbons (Fsp3) is 0.269. The molecule has 0 heterocycles. The van der Waals surface area contributed by atoms with Crippen LogP contribution in [0.25, 0.3) is 0 Å². The zero-order valence-electron chi connectivity index (χ0n) is 16.4. The number of para-hydroxylation sites is 1. The number of halogens is 1. The number of nitrogens with one attached hydrogen (secondary N) is 1. The van der Waals surface area contributed by atoms with Crippen LogP contribution < -0.4 is 5.32 Å². The predicted molar refractivity (Wildman–Crippen MR) is 119 cm³/mol. The normalized spacial score (nSPS) is 23.9. The first-order chi connectivity index (χ1) is 14.2. The molecule has 2 atom stereocenters. The van der Waals surface area contributed by atoms with E-state index in [-0.39, 0.29) is 29.6 Å². The van der Waals surface area contributed by atoms with Crippen LogP contribution in [0.1, 0.15) is 53.9 Å². The Balaban J connectivity index is 1.63. The zero-order chi connectivity index (χ0) is 20.0. The number of hydrogen-bond acceptors (Lipinski definition) is 1. The van der Waals surface area contributed by atoms with Gasteiger partial charge in [-0.25, -0.2) is 0 Å². The third-order valence-electron chi connectivity index (χ3n) is 6.64. The summed E-state index contributed by atoms with van der Waals surface area (Å²) in [4.78, 5) is 13.6. The van der Waals surface area contributed by atoms with Gasteiger partial charge in [0, 0.05) is 11.8 Å². The Labute approximate surface area is 176 Å². The first kappa shape index (κ1) is 18.4. The van der Waals surface area contributed by atoms with Crippen LogP contribution >= 0.6 is 11.6 Å². The molecule has 1 amide bonds. The lowest BCUT2D eigenvalue weighted by molar-refractivity contribution is -0.123. The van der Waals surface area contributed by atoms with Gasteiger partial charge in [0.05, 0.1) is 16.6 Å². The number of carbonyl (C=O) groups is 1. The molecular formula is C26H24ClNO. The van der Waals surface area contributed by atoms with Gasteiger partial charge in [-0.05, 0) is 46.7 Å². The Hall–Kier alpha value is -2.58. The van der Waals surface area contributed by atoms with Crippen molar-refractivity contribution in [2.45, 2.75) is 31.6 Å². The van der Waals surface area contributed by atoms with Gasteiger partial charge in [-0.15, -0.1) is 0 Å². The summed E-state index contributed by atoms with van der Waals surface area (Å²) in [5.74, 6) is 0.634. The molecule has 0 aliphatic heterocycles. The second kappa shape index (κ2) is 7.35. The van der Waals surface area contributed by atoms with Crippen molar-refractivity contribution in [3.63, 3.8) is 0 Å². The largest absolute Gasteiger partial charge is 0.324 e. The van der Waals surface area contributed by atoms with Crippen LogP contribution in [0.4, 0.5) is 5.69 Å². The van der Waals surface area contributed by atoms with Crippen molar-refractivity contribution in [1.82, 2.24) is 0 Å². The fourth-order valence-corrected chi connectivity index (χ4v) is 5.78. The van der Waals surface area contributed by atoms with E-state index < -0.39 is 0 Å². The number of rotatable bonds is 4. The maximum absolute atomic E-state index is 13.6. The average molecular weight is 402 g/mol. The van der Waals surface area contributed by atoms with E-state index in [1.807, 2.05) is 24.3 Å². The quantitative estimate of drug-likeness (QED) is 0.524. The number of carbonyl (C=O) groups excluding carboxylic acids is 1. The van der Waals surface area contributed by atoms with Crippen molar-refractivity contribution in [2.24, 2.45) is 11.8 Å². The lowest BCUT2D eigenvalue weighted by atomic mass is 9.53. The summed E-state index contributed by atoms with van der Waals surface area (Å²) in [6.45, 7) is 2.21. The molecule has 0 aromatic heterocycles. The molecule has 2 bridgehead atoms. The second-order valence-corrected chi connectivity index (χ2v) is 8.57. The van der Waals surface area contributed by atoms with Gasteiger partial charge >= 0.3 is 0 Å². The Morgan fingerprint density at radius 2 is 1.34 bits per heavy atom. The van der Waals surface area contributed by atoms with Gasteiger partial charge in [-0.1, -0.05) is 85.6 Å². The van der Waals surface area contributed by atoms with E-state index in [4.69, 9.17) is 11.6 Å². The highest BCUT2D eigenvalue weighted by Crippen LogP contribution is 2.59. The van der Waals surface area contributed by atoms with E-state index in [2.05, 4.69) is 60.8 Å². The van der Waals surface area contributed by atoms with Gasteiger partial charge in [-0.3, -0.25) is 4.79 Å². The molecule has 2 unspecified atom stereocenters. The molecule has 0 spiro atoms. The van der Waals surface area contributed by atoms with E-state index >= 15 is 0 Å². The number of hydrogen-bond donors (Lipinski definition) is 1. The fourth-order valence-electron chi connectivity index (χ4n) is 5.60. The van der Waals surface area contributed by atoms with E-state index in [1.54, 1.807) is 0 Å². The lowest BCUT2D eigenvalue weighted by Gasteiger charge is -2.50. The summed E-state index contributed by atoms with van der Waals surface area (Å²) in [7, 11) is 0. The molecule has 3 aromatic carbocycles. The van der Waals surface area contributed by atoms with Crippen LogP contribution in [0.15, 0.2) is 72.8 Å². The van der Waals surface area contributed by atoms with Gasteiger partial charge in [0.2, 0.25) is 5.91 Å². The van der Waals surface area contributed by atoms with Crippen molar-refractivity contribution in [1.29, 1.82) is 0 Å². The van der Waals surface area contributed by atoms with Crippen LogP contribution in [-0.4, -0.2) is 5.91 Å². The minimum Gasteiger partial charge on any atom is -0.324 e. The highest BCUT2D eigenvalue weighted by molar-refractivity contribution is 6.33. The number of amides is 1. The molecule has 0 saturated heterocycles. The summed E-state index contributed by atoms with van der Waals surface area (Å²) < 4.78 is 0. The van der Waals surface area contributed by atoms with Crippen molar-refractivity contribution in [2.75, 3.05) is 5.32 Å². The molecular weight excluding hydrogens is 378 g/mol. The van der Waals surface area contributed by atoms with E-state index in [0.717, 1.165) is 12.8 Å². The van der Waals surface area contributed by atoms with Crippen molar-refractivity contribution < 1.29 is 4.79 Å². The molecule has 1 N–H and O–H groups in total. The van der Waals surface area contributed by atoms with Crippen LogP contribution in [-0.2, 0) is 4.79 Å². The predicted octanol–water partition coefficient (Wildman–Crippen LogP) is 6.60. The molecule has 0 fully saturated rings. The highest BCUT2D eigenvalue weighted by atomic mass is 35.5. The van der Waals surface area contributed by atoms with Gasteiger partial charge in [-0.2, -0.15) is 0 Å². The standard InChI is InChI=1S/C26H24ClNO/c1-2-9-20-23-16-10-3-5-12-18(16)24(19-13-6-4-11-17(19)23)25(20)26(29)28-22-15-8-7-14-21(22)27/h3-8,10-15,20,23-25H,2,9H2,1H3,(H,28,29). The monoisotopic (exact) mass is 401 g/mol. The van der Waals surface area contributed by atoms with E-state index in [9.17, 15) is 4.79 Å². The molecule has 0 radical (unpaired) electrons. The molecule has 3 aliphatic carbocycles. The van der Waals surface area contributed by atoms with Crippen LogP contribution in [0.3, 0.4) is 0 Å². The van der Waals surface area contributed by atoms with Crippen molar-refractivity contribution in [3.05, 3.63) is 100 Å². The summed E-state index contributed by atoms with van der Waals surface area (Å²) in [5.41, 5.74) is 6.11. The van der Waals surface area contributed by atoms with Crippen LogP contribution in [0.2, 0.25) is 5.02 Å². The van der Waals surface area contributed by atoms with Crippen LogP contribution in [0, 0.1) is 11.8 Å². The maximum Gasteiger partial charge on any atom is 0.228 e. The minimum absolute atomic E-state index is 0.0792. The Morgan fingerprint density at radius 1 is 0.828 bits per heavy atom. The maximum atomic E-state index is 13.6. The Morgan fingerprint density at radius 3 is 1.90 bits per heavy atom. The Bertz CT molecular complexity index is 1030.